The van der Waals surface area contributed by atoms with Gasteiger partial charge in [-0.1, -0.05) is 17.7 Å². The molecule has 1 amide bonds. The zero-order valence-corrected chi connectivity index (χ0v) is 9.25. The molecule has 16 heavy (non-hydrogen) atoms. The van der Waals surface area contributed by atoms with Crippen molar-refractivity contribution < 1.29 is 14.3 Å². The van der Waals surface area contributed by atoms with Crippen molar-refractivity contribution in [1.82, 2.24) is 4.90 Å². The van der Waals surface area contributed by atoms with Gasteiger partial charge in [0.25, 0.3) is 5.91 Å². The molecule has 1 N–H and O–H groups in total. The van der Waals surface area contributed by atoms with Crippen molar-refractivity contribution in [3.05, 3.63) is 34.6 Å². The van der Waals surface area contributed by atoms with Crippen LogP contribution in [0, 0.1) is 5.82 Å². The van der Waals surface area contributed by atoms with E-state index >= 15 is 0 Å². The van der Waals surface area contributed by atoms with Gasteiger partial charge in [0, 0.05) is 13.1 Å². The van der Waals surface area contributed by atoms with Gasteiger partial charge in [0.2, 0.25) is 0 Å². The van der Waals surface area contributed by atoms with E-state index in [0.29, 0.717) is 25.1 Å². The molecule has 86 valence electrons. The minimum Gasteiger partial charge on any atom is -0.383 e. The lowest BCUT2D eigenvalue weighted by Crippen LogP contribution is -2.28. The number of amides is 1. The maximum atomic E-state index is 13.1. The Morgan fingerprint density at radius 1 is 1.56 bits per heavy atom. The van der Waals surface area contributed by atoms with E-state index in [1.807, 2.05) is 0 Å². The third-order valence-corrected chi connectivity index (χ3v) is 2.93. The minimum atomic E-state index is -0.905. The van der Waals surface area contributed by atoms with Crippen LogP contribution < -0.4 is 0 Å². The molecule has 2 rings (SSSR count). The van der Waals surface area contributed by atoms with Crippen molar-refractivity contribution >= 4 is 17.5 Å². The molecular weight excluding hydrogens is 233 g/mol. The smallest absolute Gasteiger partial charge is 0.251 e. The number of aliphatic hydroxyl groups excluding tert-OH is 1. The number of aliphatic hydroxyl groups is 1. The third-order valence-electron chi connectivity index (χ3n) is 2.63. The number of carbonyl (C=O) groups excluding carboxylic acids is 1. The zero-order chi connectivity index (χ0) is 11.7. The highest BCUT2D eigenvalue weighted by molar-refractivity contribution is 6.30. The van der Waals surface area contributed by atoms with E-state index < -0.39 is 11.9 Å². The number of likely N-dealkylation sites (tertiary alicyclic amines) is 1. The number of nitrogens with zero attached hydrogens (tertiary/aromatic N) is 1. The molecule has 0 radical (unpaired) electrons. The van der Waals surface area contributed by atoms with Gasteiger partial charge >= 0.3 is 0 Å². The molecule has 0 aliphatic carbocycles. The number of halogens is 2. The molecule has 1 aromatic rings. The Balaban J connectivity index is 2.10. The predicted octanol–water partition coefficient (Wildman–Crippen LogP) is 1.57. The lowest BCUT2D eigenvalue weighted by atomic mass is 10.2. The fraction of sp³-hybridized carbons (Fsp3) is 0.364. The van der Waals surface area contributed by atoms with E-state index in [9.17, 15) is 14.3 Å². The van der Waals surface area contributed by atoms with E-state index in [1.54, 1.807) is 6.07 Å². The number of carbonyl (C=O) groups is 1. The minimum absolute atomic E-state index is 0.0662. The zero-order valence-electron chi connectivity index (χ0n) is 8.49. The fourth-order valence-electron chi connectivity index (χ4n) is 1.74. The SMILES string of the molecule is O=C1[C@@H](O)CCN1Cc1ccc(Cl)c(F)c1. The quantitative estimate of drug-likeness (QED) is 0.857. The van der Waals surface area contributed by atoms with Crippen molar-refractivity contribution in [1.29, 1.82) is 0 Å². The van der Waals surface area contributed by atoms with Gasteiger partial charge in [-0.25, -0.2) is 4.39 Å². The van der Waals surface area contributed by atoms with Gasteiger partial charge in [0.05, 0.1) is 5.02 Å². The van der Waals surface area contributed by atoms with Crippen LogP contribution in [0.15, 0.2) is 18.2 Å². The largest absolute Gasteiger partial charge is 0.383 e. The second-order valence-corrected chi connectivity index (χ2v) is 4.22. The molecule has 1 saturated heterocycles. The molecule has 1 atom stereocenters. The van der Waals surface area contributed by atoms with E-state index in [2.05, 4.69) is 0 Å². The summed E-state index contributed by atoms with van der Waals surface area (Å²) in [6.07, 6.45) is -0.466. The highest BCUT2D eigenvalue weighted by Crippen LogP contribution is 2.19. The molecule has 1 aliphatic heterocycles. The summed E-state index contributed by atoms with van der Waals surface area (Å²) in [5, 5.41) is 9.32. The Bertz CT molecular complexity index is 424. The van der Waals surface area contributed by atoms with Crippen molar-refractivity contribution in [2.24, 2.45) is 0 Å². The van der Waals surface area contributed by atoms with Gasteiger partial charge in [-0.05, 0) is 24.1 Å². The first-order valence-electron chi connectivity index (χ1n) is 4.98. The van der Waals surface area contributed by atoms with Crippen LogP contribution in [0.3, 0.4) is 0 Å². The van der Waals surface area contributed by atoms with Crippen molar-refractivity contribution in [3.63, 3.8) is 0 Å². The van der Waals surface area contributed by atoms with Crippen LogP contribution in [-0.2, 0) is 11.3 Å². The molecular formula is C11H11ClFNO2. The van der Waals surface area contributed by atoms with E-state index in [0.717, 1.165) is 0 Å². The Kier molecular flexibility index (Phi) is 3.12. The average Bonchev–Trinajstić information content (AvgIpc) is 2.55. The lowest BCUT2D eigenvalue weighted by molar-refractivity contribution is -0.134. The van der Waals surface area contributed by atoms with E-state index in [-0.39, 0.29) is 10.9 Å². The van der Waals surface area contributed by atoms with Gasteiger partial charge in [0.15, 0.2) is 0 Å². The van der Waals surface area contributed by atoms with Gasteiger partial charge in [-0.3, -0.25) is 4.79 Å². The summed E-state index contributed by atoms with van der Waals surface area (Å²) in [4.78, 5) is 12.9. The Morgan fingerprint density at radius 2 is 2.31 bits per heavy atom. The second-order valence-electron chi connectivity index (χ2n) is 3.81. The summed E-state index contributed by atoms with van der Waals surface area (Å²) < 4.78 is 13.1. The Labute approximate surface area is 97.4 Å². The summed E-state index contributed by atoms with van der Waals surface area (Å²) in [6, 6.07) is 4.44. The number of hydrogen-bond acceptors (Lipinski definition) is 2. The molecule has 3 nitrogen and oxygen atoms in total. The molecule has 1 heterocycles. The maximum absolute atomic E-state index is 13.1. The van der Waals surface area contributed by atoms with Crippen LogP contribution in [0.4, 0.5) is 4.39 Å². The summed E-state index contributed by atoms with van der Waals surface area (Å²) >= 11 is 5.55. The van der Waals surface area contributed by atoms with Crippen molar-refractivity contribution in [3.8, 4) is 0 Å². The lowest BCUT2D eigenvalue weighted by Gasteiger charge is -2.15. The van der Waals surface area contributed by atoms with Crippen LogP contribution in [0.5, 0.6) is 0 Å². The molecule has 0 aromatic heterocycles. The van der Waals surface area contributed by atoms with Gasteiger partial charge in [-0.2, -0.15) is 0 Å². The van der Waals surface area contributed by atoms with Crippen molar-refractivity contribution in [2.75, 3.05) is 6.54 Å². The number of hydrogen-bond donors (Lipinski definition) is 1. The fourth-order valence-corrected chi connectivity index (χ4v) is 1.86. The molecule has 1 aliphatic rings. The van der Waals surface area contributed by atoms with Crippen molar-refractivity contribution in [2.45, 2.75) is 19.1 Å². The number of rotatable bonds is 2. The van der Waals surface area contributed by atoms with Crippen LogP contribution in [-0.4, -0.2) is 28.6 Å². The standard InChI is InChI=1S/C11H11ClFNO2/c12-8-2-1-7(5-9(8)13)6-14-4-3-10(15)11(14)16/h1-2,5,10,15H,3-4,6H2/t10-/m0/s1. The molecule has 1 aromatic carbocycles. The highest BCUT2D eigenvalue weighted by Gasteiger charge is 2.29. The summed E-state index contributed by atoms with van der Waals surface area (Å²) in [6.45, 7) is 0.814. The topological polar surface area (TPSA) is 40.5 Å². The summed E-state index contributed by atoms with van der Waals surface area (Å²) in [5.41, 5.74) is 0.671. The van der Waals surface area contributed by atoms with Crippen LogP contribution in [0.2, 0.25) is 5.02 Å². The molecule has 1 fully saturated rings. The molecule has 0 spiro atoms. The normalized spacial score (nSPS) is 20.6. The molecule has 5 heteroatoms. The van der Waals surface area contributed by atoms with Gasteiger partial charge in [-0.15, -0.1) is 0 Å². The Hall–Kier alpha value is -1.13. The first-order valence-corrected chi connectivity index (χ1v) is 5.36. The molecule has 0 saturated carbocycles. The number of benzene rings is 1. The predicted molar refractivity (Wildman–Crippen MR) is 57.5 cm³/mol. The van der Waals surface area contributed by atoms with E-state index in [4.69, 9.17) is 11.6 Å². The molecule has 0 bridgehead atoms. The maximum Gasteiger partial charge on any atom is 0.251 e. The molecule has 0 unspecified atom stereocenters. The summed E-state index contributed by atoms with van der Waals surface area (Å²) in [5.74, 6) is -0.790. The summed E-state index contributed by atoms with van der Waals surface area (Å²) in [7, 11) is 0. The average molecular weight is 244 g/mol. The van der Waals surface area contributed by atoms with Gasteiger partial charge < -0.3 is 10.0 Å². The Morgan fingerprint density at radius 3 is 2.88 bits per heavy atom. The first kappa shape index (κ1) is 11.4. The van der Waals surface area contributed by atoms with E-state index in [1.165, 1.54) is 17.0 Å². The van der Waals surface area contributed by atoms with Crippen LogP contribution in [0.1, 0.15) is 12.0 Å². The third kappa shape index (κ3) is 2.18. The van der Waals surface area contributed by atoms with Crippen LogP contribution >= 0.6 is 11.6 Å². The first-order chi connectivity index (χ1) is 7.58. The highest BCUT2D eigenvalue weighted by atomic mass is 35.5. The monoisotopic (exact) mass is 243 g/mol. The van der Waals surface area contributed by atoms with Gasteiger partial charge in [0.1, 0.15) is 11.9 Å². The van der Waals surface area contributed by atoms with Crippen LogP contribution in [0.25, 0.3) is 0 Å². The second kappa shape index (κ2) is 4.39.